The fourth-order valence-corrected chi connectivity index (χ4v) is 1.15. The van der Waals surface area contributed by atoms with Crippen LogP contribution in [0.4, 0.5) is 0 Å². The molecule has 0 aromatic heterocycles. The normalized spacial score (nSPS) is 15.8. The van der Waals surface area contributed by atoms with Crippen LogP contribution in [0.5, 0.6) is 0 Å². The van der Waals surface area contributed by atoms with Crippen LogP contribution < -0.4 is 0 Å². The van der Waals surface area contributed by atoms with Gasteiger partial charge in [0, 0.05) is 5.92 Å². The van der Waals surface area contributed by atoms with E-state index >= 15 is 0 Å². The van der Waals surface area contributed by atoms with Crippen LogP contribution in [-0.2, 0) is 9.53 Å². The fraction of sp³-hybridized carbons (Fsp3) is 0.364. The predicted octanol–water partition coefficient (Wildman–Crippen LogP) is 2.24. The quantitative estimate of drug-likeness (QED) is 0.619. The molecule has 0 aliphatic heterocycles. The average molecular weight is 178 g/mol. The van der Waals surface area contributed by atoms with Crippen LogP contribution >= 0.6 is 0 Å². The maximum atomic E-state index is 11.1. The van der Waals surface area contributed by atoms with E-state index in [0.717, 1.165) is 0 Å². The molecule has 0 radical (unpaired) electrons. The molecule has 2 nitrogen and oxygen atoms in total. The molecule has 1 aliphatic rings. The lowest BCUT2D eigenvalue weighted by Gasteiger charge is -2.05. The van der Waals surface area contributed by atoms with Crippen molar-refractivity contribution in [2.24, 2.45) is 5.92 Å². The number of esters is 1. The summed E-state index contributed by atoms with van der Waals surface area (Å²) in [6, 6.07) is 0. The lowest BCUT2D eigenvalue weighted by molar-refractivity contribution is -0.143. The molecular weight excluding hydrogens is 164 g/mol. The van der Waals surface area contributed by atoms with Crippen LogP contribution in [0.15, 0.2) is 36.5 Å². The first-order valence-corrected chi connectivity index (χ1v) is 4.50. The van der Waals surface area contributed by atoms with Crippen LogP contribution in [0, 0.1) is 5.92 Å². The molecular formula is C11H14O2. The van der Waals surface area contributed by atoms with E-state index in [-0.39, 0.29) is 11.9 Å². The van der Waals surface area contributed by atoms with E-state index < -0.39 is 0 Å². The van der Waals surface area contributed by atoms with Crippen molar-refractivity contribution in [1.82, 2.24) is 0 Å². The Balaban J connectivity index is 2.40. The number of carbonyl (C=O) groups is 1. The fourth-order valence-electron chi connectivity index (χ4n) is 1.15. The van der Waals surface area contributed by atoms with E-state index in [1.54, 1.807) is 0 Å². The molecule has 70 valence electrons. The second kappa shape index (κ2) is 5.36. The molecule has 0 fully saturated rings. The largest absolute Gasteiger partial charge is 0.466 e. The van der Waals surface area contributed by atoms with Gasteiger partial charge in [-0.25, -0.2) is 0 Å². The zero-order valence-corrected chi connectivity index (χ0v) is 7.77. The Hall–Kier alpha value is -1.31. The first-order chi connectivity index (χ1) is 6.33. The molecule has 0 heterocycles. The SMILES string of the molecule is CCOC(=O)CC1C=CC=CC=C1. The minimum atomic E-state index is -0.135. The Morgan fingerprint density at radius 2 is 1.85 bits per heavy atom. The summed E-state index contributed by atoms with van der Waals surface area (Å²) < 4.78 is 4.86. The number of rotatable bonds is 3. The predicted molar refractivity (Wildman–Crippen MR) is 52.2 cm³/mol. The zero-order chi connectivity index (χ0) is 9.52. The van der Waals surface area contributed by atoms with Gasteiger partial charge in [0.25, 0.3) is 0 Å². The Morgan fingerprint density at radius 3 is 2.38 bits per heavy atom. The van der Waals surface area contributed by atoms with Gasteiger partial charge in [-0.1, -0.05) is 36.5 Å². The maximum absolute atomic E-state index is 11.1. The van der Waals surface area contributed by atoms with Crippen molar-refractivity contribution in [3.05, 3.63) is 36.5 Å². The molecule has 2 heteroatoms. The third kappa shape index (κ3) is 3.74. The molecule has 0 spiro atoms. The summed E-state index contributed by atoms with van der Waals surface area (Å²) in [4.78, 5) is 11.1. The summed E-state index contributed by atoms with van der Waals surface area (Å²) in [7, 11) is 0. The molecule has 1 aliphatic carbocycles. The summed E-state index contributed by atoms with van der Waals surface area (Å²) >= 11 is 0. The van der Waals surface area contributed by atoms with Gasteiger partial charge in [-0.15, -0.1) is 0 Å². The Kier molecular flexibility index (Phi) is 4.03. The molecule has 0 aromatic carbocycles. The van der Waals surface area contributed by atoms with Gasteiger partial charge in [-0.05, 0) is 6.92 Å². The van der Waals surface area contributed by atoms with E-state index in [1.165, 1.54) is 0 Å². The molecule has 13 heavy (non-hydrogen) atoms. The van der Waals surface area contributed by atoms with E-state index in [1.807, 2.05) is 43.4 Å². The van der Waals surface area contributed by atoms with Gasteiger partial charge in [-0.3, -0.25) is 4.79 Å². The maximum Gasteiger partial charge on any atom is 0.306 e. The summed E-state index contributed by atoms with van der Waals surface area (Å²) in [5.74, 6) is 0.0396. The van der Waals surface area contributed by atoms with Crippen LogP contribution in [0.2, 0.25) is 0 Å². The van der Waals surface area contributed by atoms with Gasteiger partial charge in [0.1, 0.15) is 0 Å². The monoisotopic (exact) mass is 178 g/mol. The van der Waals surface area contributed by atoms with E-state index in [4.69, 9.17) is 4.74 Å². The smallest absolute Gasteiger partial charge is 0.306 e. The highest BCUT2D eigenvalue weighted by Crippen LogP contribution is 2.11. The molecule has 0 saturated carbocycles. The highest BCUT2D eigenvalue weighted by Gasteiger charge is 2.08. The second-order valence-electron chi connectivity index (χ2n) is 2.83. The van der Waals surface area contributed by atoms with Crippen LogP contribution in [0.25, 0.3) is 0 Å². The van der Waals surface area contributed by atoms with Crippen LogP contribution in [0.3, 0.4) is 0 Å². The average Bonchev–Trinajstić information content (AvgIpc) is 2.33. The Labute approximate surface area is 78.6 Å². The number of allylic oxidation sites excluding steroid dienone is 6. The lowest BCUT2D eigenvalue weighted by Crippen LogP contribution is -2.08. The van der Waals surface area contributed by atoms with E-state index in [9.17, 15) is 4.79 Å². The highest BCUT2D eigenvalue weighted by atomic mass is 16.5. The number of carbonyl (C=O) groups excluding carboxylic acids is 1. The molecule has 0 N–H and O–H groups in total. The molecule has 0 atom stereocenters. The van der Waals surface area contributed by atoms with Gasteiger partial charge in [0.2, 0.25) is 0 Å². The molecule has 0 aromatic rings. The molecule has 1 rings (SSSR count). The molecule has 0 amide bonds. The summed E-state index contributed by atoms with van der Waals surface area (Å²) in [5.41, 5.74) is 0. The van der Waals surface area contributed by atoms with Crippen molar-refractivity contribution in [3.63, 3.8) is 0 Å². The first kappa shape index (κ1) is 9.78. The minimum Gasteiger partial charge on any atom is -0.466 e. The van der Waals surface area contributed by atoms with Gasteiger partial charge >= 0.3 is 5.97 Å². The van der Waals surface area contributed by atoms with Gasteiger partial charge < -0.3 is 4.74 Å². The van der Waals surface area contributed by atoms with Crippen molar-refractivity contribution < 1.29 is 9.53 Å². The molecule has 0 saturated heterocycles. The minimum absolute atomic E-state index is 0.135. The third-order valence-corrected chi connectivity index (χ3v) is 1.76. The van der Waals surface area contributed by atoms with Crippen molar-refractivity contribution in [3.8, 4) is 0 Å². The second-order valence-corrected chi connectivity index (χ2v) is 2.83. The van der Waals surface area contributed by atoms with Crippen molar-refractivity contribution >= 4 is 5.97 Å². The lowest BCUT2D eigenvalue weighted by atomic mass is 10.1. The summed E-state index contributed by atoms with van der Waals surface area (Å²) in [5, 5.41) is 0. The van der Waals surface area contributed by atoms with Crippen LogP contribution in [0.1, 0.15) is 13.3 Å². The number of ether oxygens (including phenoxy) is 1. The van der Waals surface area contributed by atoms with Gasteiger partial charge in [0.05, 0.1) is 13.0 Å². The standard InChI is InChI=1S/C11H14O2/c1-2-13-11(12)9-10-7-5-3-4-6-8-10/h3-8,10H,2,9H2,1H3. The molecule has 0 bridgehead atoms. The molecule has 0 unspecified atom stereocenters. The van der Waals surface area contributed by atoms with E-state index in [2.05, 4.69) is 0 Å². The van der Waals surface area contributed by atoms with Gasteiger partial charge in [0.15, 0.2) is 0 Å². The highest BCUT2D eigenvalue weighted by molar-refractivity contribution is 5.70. The zero-order valence-electron chi connectivity index (χ0n) is 7.77. The van der Waals surface area contributed by atoms with Crippen molar-refractivity contribution in [1.29, 1.82) is 0 Å². The van der Waals surface area contributed by atoms with Crippen LogP contribution in [-0.4, -0.2) is 12.6 Å². The Bertz CT molecular complexity index is 233. The number of hydrogen-bond donors (Lipinski definition) is 0. The van der Waals surface area contributed by atoms with Gasteiger partial charge in [-0.2, -0.15) is 0 Å². The first-order valence-electron chi connectivity index (χ1n) is 4.50. The van der Waals surface area contributed by atoms with E-state index in [0.29, 0.717) is 13.0 Å². The summed E-state index contributed by atoms with van der Waals surface area (Å²) in [6.07, 6.45) is 12.2. The topological polar surface area (TPSA) is 26.3 Å². The third-order valence-electron chi connectivity index (χ3n) is 1.76. The summed E-state index contributed by atoms with van der Waals surface area (Å²) in [6.45, 7) is 2.27. The Morgan fingerprint density at radius 1 is 1.23 bits per heavy atom. The van der Waals surface area contributed by atoms with Crippen molar-refractivity contribution in [2.75, 3.05) is 6.61 Å². The van der Waals surface area contributed by atoms with Crippen molar-refractivity contribution in [2.45, 2.75) is 13.3 Å². The number of hydrogen-bond acceptors (Lipinski definition) is 2.